The molecule has 0 fully saturated rings. The molecular formula is C30H37N3O5S. The number of hydrogen-bond donors (Lipinski definition) is 1. The lowest BCUT2D eigenvalue weighted by Crippen LogP contribution is -2.54. The van der Waals surface area contributed by atoms with Crippen LogP contribution in [0, 0.1) is 6.92 Å². The van der Waals surface area contributed by atoms with Crippen LogP contribution in [0.25, 0.3) is 0 Å². The van der Waals surface area contributed by atoms with E-state index in [2.05, 4.69) is 5.32 Å². The van der Waals surface area contributed by atoms with Crippen molar-refractivity contribution in [2.24, 2.45) is 0 Å². The van der Waals surface area contributed by atoms with E-state index in [-0.39, 0.29) is 12.5 Å². The Labute approximate surface area is 231 Å². The number of ether oxygens (including phenoxy) is 1. The van der Waals surface area contributed by atoms with Gasteiger partial charge in [0.2, 0.25) is 21.8 Å². The van der Waals surface area contributed by atoms with E-state index >= 15 is 0 Å². The molecule has 9 heteroatoms. The number of benzene rings is 3. The highest BCUT2D eigenvalue weighted by Crippen LogP contribution is 2.26. The van der Waals surface area contributed by atoms with Crippen LogP contribution in [0.15, 0.2) is 78.9 Å². The molecule has 39 heavy (non-hydrogen) atoms. The number of sulfonamides is 1. The van der Waals surface area contributed by atoms with E-state index in [1.807, 2.05) is 82.3 Å². The first kappa shape index (κ1) is 29.7. The highest BCUT2D eigenvalue weighted by Gasteiger charge is 2.31. The molecule has 0 aromatic heterocycles. The van der Waals surface area contributed by atoms with Gasteiger partial charge in [0.1, 0.15) is 24.1 Å². The van der Waals surface area contributed by atoms with Gasteiger partial charge >= 0.3 is 0 Å². The summed E-state index contributed by atoms with van der Waals surface area (Å²) in [6.45, 7) is 8.87. The summed E-state index contributed by atoms with van der Waals surface area (Å²) >= 11 is 0. The Balaban J connectivity index is 1.87. The smallest absolute Gasteiger partial charge is 0.244 e. The van der Waals surface area contributed by atoms with Gasteiger partial charge in [-0.2, -0.15) is 0 Å². The van der Waals surface area contributed by atoms with Crippen LogP contribution in [-0.2, 0) is 26.2 Å². The molecule has 3 aromatic rings. The van der Waals surface area contributed by atoms with Gasteiger partial charge in [-0.3, -0.25) is 13.9 Å². The second kappa shape index (κ2) is 12.3. The lowest BCUT2D eigenvalue weighted by molar-refractivity contribution is -0.140. The van der Waals surface area contributed by atoms with Gasteiger partial charge in [-0.25, -0.2) is 8.42 Å². The van der Waals surface area contributed by atoms with Gasteiger partial charge in [-0.1, -0.05) is 48.0 Å². The van der Waals surface area contributed by atoms with Gasteiger partial charge in [-0.05, 0) is 76.6 Å². The van der Waals surface area contributed by atoms with Gasteiger partial charge in [0.25, 0.3) is 0 Å². The fourth-order valence-corrected chi connectivity index (χ4v) is 4.83. The second-order valence-corrected chi connectivity index (χ2v) is 12.5. The largest absolute Gasteiger partial charge is 0.457 e. The van der Waals surface area contributed by atoms with E-state index in [0.29, 0.717) is 17.2 Å². The fourth-order valence-electron chi connectivity index (χ4n) is 3.98. The Morgan fingerprint density at radius 2 is 1.54 bits per heavy atom. The molecule has 3 rings (SSSR count). The Hall–Kier alpha value is -3.85. The maximum absolute atomic E-state index is 13.7. The zero-order valence-electron chi connectivity index (χ0n) is 23.3. The minimum atomic E-state index is -3.83. The number of amides is 2. The van der Waals surface area contributed by atoms with Gasteiger partial charge in [-0.15, -0.1) is 0 Å². The van der Waals surface area contributed by atoms with Crippen molar-refractivity contribution >= 4 is 27.5 Å². The molecule has 0 radical (unpaired) electrons. The number of nitrogens with one attached hydrogen (secondary N) is 1. The third kappa shape index (κ3) is 8.85. The number of carbonyl (C=O) groups is 2. The minimum absolute atomic E-state index is 0.153. The summed E-state index contributed by atoms with van der Waals surface area (Å²) in [6.07, 6.45) is 1.05. The number of carbonyl (C=O) groups excluding carboxylic acids is 2. The molecule has 0 heterocycles. The minimum Gasteiger partial charge on any atom is -0.457 e. The van der Waals surface area contributed by atoms with E-state index in [4.69, 9.17) is 4.74 Å². The normalized spacial score (nSPS) is 12.4. The predicted molar refractivity (Wildman–Crippen MR) is 154 cm³/mol. The van der Waals surface area contributed by atoms with Crippen LogP contribution in [0.4, 0.5) is 5.69 Å². The summed E-state index contributed by atoms with van der Waals surface area (Å²) < 4.78 is 32.5. The molecule has 0 aliphatic carbocycles. The average Bonchev–Trinajstić information content (AvgIpc) is 2.85. The Morgan fingerprint density at radius 1 is 0.923 bits per heavy atom. The Kier molecular flexibility index (Phi) is 9.40. The first-order chi connectivity index (χ1) is 18.2. The number of para-hydroxylation sites is 1. The first-order valence-electron chi connectivity index (χ1n) is 12.7. The molecule has 0 aliphatic heterocycles. The molecule has 3 aromatic carbocycles. The first-order valence-corrected chi connectivity index (χ1v) is 14.6. The van der Waals surface area contributed by atoms with Gasteiger partial charge in [0, 0.05) is 12.1 Å². The van der Waals surface area contributed by atoms with Crippen LogP contribution in [0.5, 0.6) is 11.5 Å². The zero-order chi connectivity index (χ0) is 28.8. The van der Waals surface area contributed by atoms with Crippen molar-refractivity contribution in [2.45, 2.75) is 52.7 Å². The molecule has 0 spiro atoms. The van der Waals surface area contributed by atoms with Gasteiger partial charge in [0.15, 0.2) is 0 Å². The summed E-state index contributed by atoms with van der Waals surface area (Å²) in [7, 11) is -3.83. The molecule has 0 saturated carbocycles. The molecule has 0 saturated heterocycles. The van der Waals surface area contributed by atoms with Crippen LogP contribution in [0.1, 0.15) is 38.8 Å². The lowest BCUT2D eigenvalue weighted by Gasteiger charge is -2.33. The van der Waals surface area contributed by atoms with Crippen LogP contribution in [0.3, 0.4) is 0 Å². The van der Waals surface area contributed by atoms with E-state index in [9.17, 15) is 18.0 Å². The van der Waals surface area contributed by atoms with Crippen molar-refractivity contribution in [3.8, 4) is 11.5 Å². The van der Waals surface area contributed by atoms with Crippen molar-refractivity contribution in [1.29, 1.82) is 0 Å². The number of rotatable bonds is 10. The van der Waals surface area contributed by atoms with Gasteiger partial charge in [0.05, 0.1) is 11.9 Å². The van der Waals surface area contributed by atoms with E-state index < -0.39 is 34.1 Å². The van der Waals surface area contributed by atoms with Crippen molar-refractivity contribution in [1.82, 2.24) is 10.2 Å². The van der Waals surface area contributed by atoms with Crippen molar-refractivity contribution in [3.05, 3.63) is 90.0 Å². The zero-order valence-corrected chi connectivity index (χ0v) is 24.2. The molecule has 1 N–H and O–H groups in total. The van der Waals surface area contributed by atoms with E-state index in [1.54, 1.807) is 31.2 Å². The van der Waals surface area contributed by atoms with E-state index in [0.717, 1.165) is 21.7 Å². The summed E-state index contributed by atoms with van der Waals surface area (Å²) in [5, 5.41) is 2.91. The van der Waals surface area contributed by atoms with Crippen LogP contribution < -0.4 is 14.4 Å². The number of nitrogens with zero attached hydrogens (tertiary/aromatic N) is 2. The summed E-state index contributed by atoms with van der Waals surface area (Å²) in [4.78, 5) is 28.2. The van der Waals surface area contributed by atoms with Crippen LogP contribution in [-0.4, -0.2) is 49.5 Å². The highest BCUT2D eigenvalue weighted by atomic mass is 32.2. The van der Waals surface area contributed by atoms with E-state index in [1.165, 1.54) is 4.90 Å². The summed E-state index contributed by atoms with van der Waals surface area (Å²) in [5.41, 5.74) is 1.68. The summed E-state index contributed by atoms with van der Waals surface area (Å²) in [6, 6.07) is 22.5. The molecular weight excluding hydrogens is 514 g/mol. The predicted octanol–water partition coefficient (Wildman–Crippen LogP) is 4.89. The third-order valence-corrected chi connectivity index (χ3v) is 7.02. The molecule has 0 aliphatic rings. The maximum Gasteiger partial charge on any atom is 0.244 e. The maximum atomic E-state index is 13.7. The molecule has 1 atom stereocenters. The van der Waals surface area contributed by atoms with Crippen LogP contribution in [0.2, 0.25) is 0 Å². The Bertz CT molecular complexity index is 1380. The standard InChI is InChI=1S/C30H37N3O5S/c1-22-11-10-12-24(19-22)20-32(23(2)29(35)31-30(3,4)5)28(34)21-33(39(6,36)37)25-15-17-27(18-16-25)38-26-13-8-7-9-14-26/h7-19,23H,20-21H2,1-6H3,(H,31,35)/t23-/m0/s1. The molecule has 0 unspecified atom stereocenters. The number of anilines is 1. The molecule has 2 amide bonds. The molecule has 208 valence electrons. The molecule has 0 bridgehead atoms. The molecule has 8 nitrogen and oxygen atoms in total. The average molecular weight is 552 g/mol. The lowest BCUT2D eigenvalue weighted by atomic mass is 10.1. The van der Waals surface area contributed by atoms with Crippen molar-refractivity contribution < 1.29 is 22.7 Å². The number of aryl methyl sites for hydroxylation is 1. The summed E-state index contributed by atoms with van der Waals surface area (Å²) in [5.74, 6) is 0.355. The monoisotopic (exact) mass is 551 g/mol. The quantitative estimate of drug-likeness (QED) is 0.387. The van der Waals surface area contributed by atoms with Crippen molar-refractivity contribution in [2.75, 3.05) is 17.1 Å². The second-order valence-electron chi connectivity index (χ2n) is 10.6. The fraction of sp³-hybridized carbons (Fsp3) is 0.333. The topological polar surface area (TPSA) is 96.0 Å². The third-order valence-electron chi connectivity index (χ3n) is 5.88. The SMILES string of the molecule is Cc1cccc(CN(C(=O)CN(c2ccc(Oc3ccccc3)cc2)S(C)(=O)=O)[C@@H](C)C(=O)NC(C)(C)C)c1. The van der Waals surface area contributed by atoms with Gasteiger partial charge < -0.3 is 15.0 Å². The Morgan fingerprint density at radius 3 is 2.10 bits per heavy atom. The highest BCUT2D eigenvalue weighted by molar-refractivity contribution is 7.92. The van der Waals surface area contributed by atoms with Crippen LogP contribution >= 0.6 is 0 Å². The number of hydrogen-bond acceptors (Lipinski definition) is 5. The van der Waals surface area contributed by atoms with Crippen molar-refractivity contribution in [3.63, 3.8) is 0 Å².